The highest BCUT2D eigenvalue weighted by Crippen LogP contribution is 2.32. The van der Waals surface area contributed by atoms with E-state index in [4.69, 9.17) is 4.74 Å². The largest absolute Gasteiger partial charge is 0.490 e. The molecule has 2 N–H and O–H groups in total. The number of nitrogens with zero attached hydrogens (tertiary/aromatic N) is 2. The van der Waals surface area contributed by atoms with Gasteiger partial charge in [-0.05, 0) is 37.5 Å². The second-order valence-corrected chi connectivity index (χ2v) is 7.11. The number of alkyl halides is 2. The zero-order valence-corrected chi connectivity index (χ0v) is 21.0. The van der Waals surface area contributed by atoms with E-state index < -0.39 is 6.61 Å². The van der Waals surface area contributed by atoms with E-state index >= 15 is 0 Å². The number of carbonyl (C=O) groups is 1. The summed E-state index contributed by atoms with van der Waals surface area (Å²) in [5.41, 5.74) is 2.58. The summed E-state index contributed by atoms with van der Waals surface area (Å²) in [6, 6.07) is 12.8. The summed E-state index contributed by atoms with van der Waals surface area (Å²) < 4.78 is 35.9. The average Bonchev–Trinajstić information content (AvgIpc) is 2.80. The minimum Gasteiger partial charge on any atom is -0.490 e. The maximum absolute atomic E-state index is 12.9. The number of halogens is 3. The highest BCUT2D eigenvalue weighted by Gasteiger charge is 2.22. The Balaban J connectivity index is 0.00000385. The third-order valence-electron chi connectivity index (χ3n) is 5.06. The third-order valence-corrected chi connectivity index (χ3v) is 5.06. The molecule has 0 spiro atoms. The van der Waals surface area contributed by atoms with Crippen molar-refractivity contribution < 1.29 is 23.0 Å². The number of benzene rings is 2. The first kappa shape index (κ1) is 26.6. The number of aryl methyl sites for hydroxylation is 1. The van der Waals surface area contributed by atoms with E-state index in [-0.39, 0.29) is 54.5 Å². The molecule has 0 atom stereocenters. The number of guanidine groups is 1. The van der Waals surface area contributed by atoms with Crippen molar-refractivity contribution in [3.8, 4) is 11.5 Å². The Hall–Kier alpha value is -2.63. The van der Waals surface area contributed by atoms with Crippen LogP contribution in [0.25, 0.3) is 0 Å². The number of anilines is 1. The molecule has 0 unspecified atom stereocenters. The topological polar surface area (TPSA) is 75.2 Å². The maximum Gasteiger partial charge on any atom is 0.387 e. The van der Waals surface area contributed by atoms with E-state index in [0.29, 0.717) is 24.7 Å². The maximum atomic E-state index is 12.9. The van der Waals surface area contributed by atoms with E-state index in [9.17, 15) is 13.6 Å². The molecule has 33 heavy (non-hydrogen) atoms. The van der Waals surface area contributed by atoms with Crippen molar-refractivity contribution in [1.29, 1.82) is 0 Å². The number of aliphatic imine (C=N–C) groups is 1. The summed E-state index contributed by atoms with van der Waals surface area (Å²) in [6.45, 7) is -0.0150. The van der Waals surface area contributed by atoms with E-state index in [2.05, 4.69) is 20.4 Å². The molecule has 0 bridgehead atoms. The van der Waals surface area contributed by atoms with Gasteiger partial charge in [-0.25, -0.2) is 0 Å². The second kappa shape index (κ2) is 13.2. The molecule has 1 amide bonds. The number of rotatable bonds is 8. The highest BCUT2D eigenvalue weighted by atomic mass is 127. The fraction of sp³-hybridized carbons (Fsp3) is 0.391. The van der Waals surface area contributed by atoms with Crippen molar-refractivity contribution in [3.63, 3.8) is 0 Å². The van der Waals surface area contributed by atoms with Gasteiger partial charge < -0.3 is 25.0 Å². The van der Waals surface area contributed by atoms with Crippen LogP contribution in [-0.2, 0) is 17.8 Å². The Morgan fingerprint density at radius 1 is 1.18 bits per heavy atom. The predicted molar refractivity (Wildman–Crippen MR) is 135 cm³/mol. The molecule has 3 rings (SSSR count). The molecule has 1 heterocycles. The van der Waals surface area contributed by atoms with E-state index in [1.807, 2.05) is 24.3 Å². The van der Waals surface area contributed by atoms with Gasteiger partial charge in [0.15, 0.2) is 17.5 Å². The molecule has 2 aromatic carbocycles. The highest BCUT2D eigenvalue weighted by molar-refractivity contribution is 14.0. The lowest BCUT2D eigenvalue weighted by atomic mass is 10.0. The molecule has 10 heteroatoms. The monoisotopic (exact) mass is 574 g/mol. The van der Waals surface area contributed by atoms with Crippen LogP contribution < -0.4 is 25.0 Å². The lowest BCUT2D eigenvalue weighted by Gasteiger charge is -2.29. The number of ether oxygens (including phenoxy) is 2. The first-order chi connectivity index (χ1) is 15.5. The number of nitrogens with one attached hydrogen (secondary N) is 2. The molecule has 1 aliphatic heterocycles. The van der Waals surface area contributed by atoms with Crippen LogP contribution in [-0.4, -0.2) is 45.2 Å². The average molecular weight is 574 g/mol. The summed E-state index contributed by atoms with van der Waals surface area (Å²) in [5, 5.41) is 6.03. The number of amides is 1. The van der Waals surface area contributed by atoms with Crippen LogP contribution in [0.2, 0.25) is 0 Å². The summed E-state index contributed by atoms with van der Waals surface area (Å²) in [4.78, 5) is 18.7. The Morgan fingerprint density at radius 2 is 1.97 bits per heavy atom. The zero-order chi connectivity index (χ0) is 22.9. The van der Waals surface area contributed by atoms with Crippen molar-refractivity contribution in [1.82, 2.24) is 10.6 Å². The van der Waals surface area contributed by atoms with Crippen LogP contribution in [0.3, 0.4) is 0 Å². The fourth-order valence-electron chi connectivity index (χ4n) is 3.64. The van der Waals surface area contributed by atoms with Gasteiger partial charge >= 0.3 is 6.61 Å². The predicted octanol–water partition coefficient (Wildman–Crippen LogP) is 3.95. The van der Waals surface area contributed by atoms with Crippen LogP contribution in [0.5, 0.6) is 11.5 Å². The molecule has 0 radical (unpaired) electrons. The Kier molecular flexibility index (Phi) is 10.6. The number of hydrogen-bond acceptors (Lipinski definition) is 4. The van der Waals surface area contributed by atoms with Gasteiger partial charge in [-0.3, -0.25) is 9.79 Å². The van der Waals surface area contributed by atoms with Crippen molar-refractivity contribution >= 4 is 41.5 Å². The van der Waals surface area contributed by atoms with Gasteiger partial charge in [-0.15, -0.1) is 24.0 Å². The lowest BCUT2D eigenvalue weighted by molar-refractivity contribution is -0.117. The van der Waals surface area contributed by atoms with E-state index in [1.54, 1.807) is 37.1 Å². The number of fused-ring (bicyclic) bond motifs is 1. The fourth-order valence-corrected chi connectivity index (χ4v) is 3.64. The molecule has 180 valence electrons. The quantitative estimate of drug-likeness (QED) is 0.284. The van der Waals surface area contributed by atoms with Gasteiger partial charge in [-0.1, -0.05) is 30.3 Å². The summed E-state index contributed by atoms with van der Waals surface area (Å²) in [7, 11) is 1.57. The molecule has 0 saturated carbocycles. The molecule has 0 saturated heterocycles. The number of carbonyl (C=O) groups excluding carboxylic acids is 1. The molecule has 0 aromatic heterocycles. The normalized spacial score (nSPS) is 13.1. The zero-order valence-electron chi connectivity index (χ0n) is 18.6. The Morgan fingerprint density at radius 3 is 2.70 bits per heavy atom. The van der Waals surface area contributed by atoms with Gasteiger partial charge in [0.1, 0.15) is 0 Å². The smallest absolute Gasteiger partial charge is 0.387 e. The van der Waals surface area contributed by atoms with Gasteiger partial charge in [0.2, 0.25) is 5.91 Å². The summed E-state index contributed by atoms with van der Waals surface area (Å²) in [6.07, 6.45) is 1.87. The first-order valence-corrected chi connectivity index (χ1v) is 10.6. The van der Waals surface area contributed by atoms with Crippen LogP contribution in [0.4, 0.5) is 14.5 Å². The van der Waals surface area contributed by atoms with Crippen molar-refractivity contribution in [2.24, 2.45) is 4.99 Å². The standard InChI is InChI=1S/C23H28F2N4O3.HI/c1-3-31-19-12-6-9-17(21(19)32-22(24)25)14-27-23(26-2)28-15-20(30)29-13-7-10-16-8-4-5-11-18(16)29;/h4-6,8-9,11-12,22H,3,7,10,13-15H2,1-2H3,(H2,26,27,28);1H. The first-order valence-electron chi connectivity index (χ1n) is 10.6. The van der Waals surface area contributed by atoms with Crippen LogP contribution in [0.1, 0.15) is 24.5 Å². The van der Waals surface area contributed by atoms with Crippen molar-refractivity contribution in [2.45, 2.75) is 32.9 Å². The van der Waals surface area contributed by atoms with Gasteiger partial charge in [0, 0.05) is 31.4 Å². The van der Waals surface area contributed by atoms with Gasteiger partial charge in [0.25, 0.3) is 0 Å². The second-order valence-electron chi connectivity index (χ2n) is 7.11. The number of para-hydroxylation sites is 2. The van der Waals surface area contributed by atoms with Crippen LogP contribution in [0.15, 0.2) is 47.5 Å². The molecule has 0 aliphatic carbocycles. The Bertz CT molecular complexity index is 959. The Labute approximate surface area is 209 Å². The molecule has 1 aliphatic rings. The molecular formula is C23H29F2IN4O3. The lowest BCUT2D eigenvalue weighted by Crippen LogP contribution is -2.45. The minimum atomic E-state index is -2.97. The van der Waals surface area contributed by atoms with Crippen LogP contribution in [0, 0.1) is 0 Å². The van der Waals surface area contributed by atoms with Crippen molar-refractivity contribution in [2.75, 3.05) is 31.6 Å². The molecule has 2 aromatic rings. The number of hydrogen-bond donors (Lipinski definition) is 2. The van der Waals surface area contributed by atoms with Crippen molar-refractivity contribution in [3.05, 3.63) is 53.6 Å². The summed E-state index contributed by atoms with van der Waals surface area (Å²) >= 11 is 0. The van der Waals surface area contributed by atoms with Gasteiger partial charge in [0.05, 0.1) is 13.2 Å². The molecule has 0 fully saturated rings. The van der Waals surface area contributed by atoms with Gasteiger partial charge in [-0.2, -0.15) is 8.78 Å². The van der Waals surface area contributed by atoms with Crippen LogP contribution >= 0.6 is 24.0 Å². The third kappa shape index (κ3) is 7.18. The summed E-state index contributed by atoms with van der Waals surface area (Å²) in [5.74, 6) is 0.524. The van der Waals surface area contributed by atoms with E-state index in [0.717, 1.165) is 24.1 Å². The SMILES string of the molecule is CCOc1cccc(CNC(=NC)NCC(=O)N2CCCc3ccccc32)c1OC(F)F.I. The minimum absolute atomic E-state index is 0. The van der Waals surface area contributed by atoms with E-state index in [1.165, 1.54) is 0 Å². The molecule has 7 nitrogen and oxygen atoms in total. The molecular weight excluding hydrogens is 545 g/mol.